The summed E-state index contributed by atoms with van der Waals surface area (Å²) < 4.78 is 5.69. The van der Waals surface area contributed by atoms with E-state index in [0.29, 0.717) is 0 Å². The fourth-order valence-electron chi connectivity index (χ4n) is 2.91. The molecule has 1 N–H and O–H groups in total. The van der Waals surface area contributed by atoms with Crippen LogP contribution < -0.4 is 10.1 Å². The second-order valence-electron chi connectivity index (χ2n) is 5.90. The van der Waals surface area contributed by atoms with Crippen LogP contribution in [0.2, 0.25) is 0 Å². The number of hydrogen-bond acceptors (Lipinski definition) is 2. The monoisotopic (exact) mass is 261 g/mol. The van der Waals surface area contributed by atoms with Crippen molar-refractivity contribution in [1.29, 1.82) is 0 Å². The molecule has 0 aromatic heterocycles. The van der Waals surface area contributed by atoms with Crippen LogP contribution in [-0.2, 0) is 0 Å². The summed E-state index contributed by atoms with van der Waals surface area (Å²) in [6, 6.07) is 9.43. The topological polar surface area (TPSA) is 21.3 Å². The molecule has 1 saturated carbocycles. The Morgan fingerprint density at radius 2 is 1.95 bits per heavy atom. The summed E-state index contributed by atoms with van der Waals surface area (Å²) >= 11 is 0. The van der Waals surface area contributed by atoms with Gasteiger partial charge in [0.05, 0.1) is 6.10 Å². The lowest BCUT2D eigenvalue weighted by Crippen LogP contribution is -2.26. The fourth-order valence-corrected chi connectivity index (χ4v) is 2.91. The average Bonchev–Trinajstić information content (AvgIpc) is 2.85. The summed E-state index contributed by atoms with van der Waals surface area (Å²) in [7, 11) is 0. The molecule has 1 fully saturated rings. The average molecular weight is 261 g/mol. The predicted octanol–water partition coefficient (Wildman–Crippen LogP) is 4.11. The van der Waals surface area contributed by atoms with Gasteiger partial charge in [-0.2, -0.15) is 0 Å². The molecule has 0 saturated heterocycles. The molecule has 1 aromatic rings. The maximum Gasteiger partial charge on any atom is 0.119 e. The lowest BCUT2D eigenvalue weighted by molar-refractivity contribution is 0.242. The highest BCUT2D eigenvalue weighted by Crippen LogP contribution is 2.35. The zero-order valence-corrected chi connectivity index (χ0v) is 12.5. The van der Waals surface area contributed by atoms with Crippen LogP contribution in [-0.4, -0.2) is 18.7 Å². The first kappa shape index (κ1) is 14.4. The third-order valence-corrected chi connectivity index (χ3v) is 3.84. The van der Waals surface area contributed by atoms with E-state index < -0.39 is 0 Å². The van der Waals surface area contributed by atoms with E-state index in [2.05, 4.69) is 50.4 Å². The number of hydrogen-bond donors (Lipinski definition) is 1. The highest BCUT2D eigenvalue weighted by Gasteiger charge is 2.25. The molecular weight excluding hydrogens is 234 g/mol. The van der Waals surface area contributed by atoms with Gasteiger partial charge in [0.2, 0.25) is 0 Å². The van der Waals surface area contributed by atoms with Gasteiger partial charge >= 0.3 is 0 Å². The zero-order valence-electron chi connectivity index (χ0n) is 12.5. The second-order valence-corrected chi connectivity index (χ2v) is 5.90. The lowest BCUT2D eigenvalue weighted by Gasteiger charge is -2.14. The Labute approximate surface area is 117 Å². The Kier molecular flexibility index (Phi) is 5.26. The molecule has 1 aliphatic carbocycles. The van der Waals surface area contributed by atoms with Gasteiger partial charge in [0.15, 0.2) is 0 Å². The number of benzene rings is 1. The first-order valence-electron chi connectivity index (χ1n) is 7.69. The van der Waals surface area contributed by atoms with E-state index in [-0.39, 0.29) is 6.10 Å². The molecule has 0 amide bonds. The third kappa shape index (κ3) is 4.24. The van der Waals surface area contributed by atoms with Crippen molar-refractivity contribution in [3.8, 4) is 5.75 Å². The minimum absolute atomic E-state index is 0.250. The largest absolute Gasteiger partial charge is 0.491 e. The van der Waals surface area contributed by atoms with Crippen LogP contribution in [0, 0.1) is 0 Å². The molecule has 2 heteroatoms. The van der Waals surface area contributed by atoms with Gasteiger partial charge < -0.3 is 10.1 Å². The first-order valence-corrected chi connectivity index (χ1v) is 7.69. The summed E-state index contributed by atoms with van der Waals surface area (Å²) in [4.78, 5) is 0. The molecule has 0 spiro atoms. The Morgan fingerprint density at radius 1 is 1.21 bits per heavy atom. The highest BCUT2D eigenvalue weighted by molar-refractivity contribution is 5.30. The van der Waals surface area contributed by atoms with Crippen molar-refractivity contribution in [3.05, 3.63) is 29.8 Å². The van der Waals surface area contributed by atoms with Crippen LogP contribution in [0.25, 0.3) is 0 Å². The SMILES string of the molecule is CCCNC1CCC(c2ccc(OC(C)C)cc2)C1. The van der Waals surface area contributed by atoms with Crippen molar-refractivity contribution in [2.24, 2.45) is 0 Å². The maximum absolute atomic E-state index is 5.69. The third-order valence-electron chi connectivity index (χ3n) is 3.84. The summed E-state index contributed by atoms with van der Waals surface area (Å²) in [5.74, 6) is 1.71. The van der Waals surface area contributed by atoms with Gasteiger partial charge in [-0.05, 0) is 69.7 Å². The minimum atomic E-state index is 0.250. The molecule has 106 valence electrons. The summed E-state index contributed by atoms with van der Waals surface area (Å²) in [6.45, 7) is 7.51. The molecule has 1 aliphatic rings. The quantitative estimate of drug-likeness (QED) is 0.832. The second kappa shape index (κ2) is 6.95. The minimum Gasteiger partial charge on any atom is -0.491 e. The Balaban J connectivity index is 1.89. The van der Waals surface area contributed by atoms with E-state index >= 15 is 0 Å². The molecule has 0 aliphatic heterocycles. The van der Waals surface area contributed by atoms with Gasteiger partial charge in [0.1, 0.15) is 5.75 Å². The number of ether oxygens (including phenoxy) is 1. The van der Waals surface area contributed by atoms with Gasteiger partial charge in [-0.25, -0.2) is 0 Å². The van der Waals surface area contributed by atoms with E-state index in [1.807, 2.05) is 0 Å². The summed E-state index contributed by atoms with van der Waals surface area (Å²) in [5.41, 5.74) is 1.47. The highest BCUT2D eigenvalue weighted by atomic mass is 16.5. The normalized spacial score (nSPS) is 22.9. The van der Waals surface area contributed by atoms with Crippen LogP contribution in [0.1, 0.15) is 57.9 Å². The van der Waals surface area contributed by atoms with Crippen molar-refractivity contribution in [2.45, 2.75) is 64.5 Å². The molecule has 2 nitrogen and oxygen atoms in total. The van der Waals surface area contributed by atoms with E-state index in [1.165, 1.54) is 31.2 Å². The standard InChI is InChI=1S/C17H27NO/c1-4-11-18-16-8-5-15(12-16)14-6-9-17(10-7-14)19-13(2)3/h6-7,9-10,13,15-16,18H,4-5,8,11-12H2,1-3H3. The van der Waals surface area contributed by atoms with Crippen molar-refractivity contribution in [3.63, 3.8) is 0 Å². The summed E-state index contributed by atoms with van der Waals surface area (Å²) in [6.07, 6.45) is 5.38. The van der Waals surface area contributed by atoms with E-state index in [9.17, 15) is 0 Å². The maximum atomic E-state index is 5.69. The molecule has 2 rings (SSSR count). The zero-order chi connectivity index (χ0) is 13.7. The first-order chi connectivity index (χ1) is 9.19. The lowest BCUT2D eigenvalue weighted by atomic mass is 9.97. The molecule has 19 heavy (non-hydrogen) atoms. The molecule has 2 atom stereocenters. The van der Waals surface area contributed by atoms with Crippen LogP contribution in [0.5, 0.6) is 5.75 Å². The summed E-state index contributed by atoms with van der Waals surface area (Å²) in [5, 5.41) is 3.64. The fraction of sp³-hybridized carbons (Fsp3) is 0.647. The van der Waals surface area contributed by atoms with Gasteiger partial charge in [-0.15, -0.1) is 0 Å². The van der Waals surface area contributed by atoms with Gasteiger partial charge in [0, 0.05) is 6.04 Å². The number of rotatable bonds is 6. The smallest absolute Gasteiger partial charge is 0.119 e. The van der Waals surface area contributed by atoms with Crippen LogP contribution in [0.4, 0.5) is 0 Å². The molecule has 0 radical (unpaired) electrons. The van der Waals surface area contributed by atoms with Crippen molar-refractivity contribution >= 4 is 0 Å². The van der Waals surface area contributed by atoms with Gasteiger partial charge in [0.25, 0.3) is 0 Å². The molecule has 1 aromatic carbocycles. The van der Waals surface area contributed by atoms with Crippen LogP contribution in [0.3, 0.4) is 0 Å². The molecule has 0 heterocycles. The Hall–Kier alpha value is -1.02. The van der Waals surface area contributed by atoms with Crippen molar-refractivity contribution in [2.75, 3.05) is 6.54 Å². The van der Waals surface area contributed by atoms with E-state index in [0.717, 1.165) is 24.3 Å². The van der Waals surface area contributed by atoms with Crippen molar-refractivity contribution < 1.29 is 4.74 Å². The van der Waals surface area contributed by atoms with Crippen LogP contribution >= 0.6 is 0 Å². The van der Waals surface area contributed by atoms with E-state index in [4.69, 9.17) is 4.74 Å². The molecule has 2 unspecified atom stereocenters. The molecular formula is C17H27NO. The molecule has 0 bridgehead atoms. The van der Waals surface area contributed by atoms with Crippen LogP contribution in [0.15, 0.2) is 24.3 Å². The van der Waals surface area contributed by atoms with Gasteiger partial charge in [-0.3, -0.25) is 0 Å². The number of nitrogens with one attached hydrogen (secondary N) is 1. The van der Waals surface area contributed by atoms with E-state index in [1.54, 1.807) is 0 Å². The Bertz CT molecular complexity index is 371. The predicted molar refractivity (Wildman–Crippen MR) is 80.9 cm³/mol. The Morgan fingerprint density at radius 3 is 2.58 bits per heavy atom. The van der Waals surface area contributed by atoms with Crippen molar-refractivity contribution in [1.82, 2.24) is 5.32 Å². The van der Waals surface area contributed by atoms with Gasteiger partial charge in [-0.1, -0.05) is 19.1 Å².